The van der Waals surface area contributed by atoms with Crippen molar-refractivity contribution in [1.29, 1.82) is 0 Å². The zero-order chi connectivity index (χ0) is 13.2. The van der Waals surface area contributed by atoms with Gasteiger partial charge in [-0.05, 0) is 6.92 Å². The van der Waals surface area contributed by atoms with E-state index in [4.69, 9.17) is 0 Å². The summed E-state index contributed by atoms with van der Waals surface area (Å²) in [5, 5.41) is 16.3. The fraction of sp³-hybridized carbons (Fsp3) is 0.727. The Kier molecular flexibility index (Phi) is 3.52. The van der Waals surface area contributed by atoms with Crippen molar-refractivity contribution in [3.05, 3.63) is 5.01 Å². The molecule has 7 nitrogen and oxygen atoms in total. The van der Waals surface area contributed by atoms with Crippen molar-refractivity contribution in [3.8, 4) is 0 Å². The normalized spacial score (nSPS) is 23.3. The van der Waals surface area contributed by atoms with E-state index >= 15 is 0 Å². The lowest BCUT2D eigenvalue weighted by Crippen LogP contribution is -2.51. The Bertz CT molecular complexity index is 464. The second kappa shape index (κ2) is 5.30. The summed E-state index contributed by atoms with van der Waals surface area (Å²) in [7, 11) is 0. The molecule has 1 aromatic rings. The first kappa shape index (κ1) is 12.6. The van der Waals surface area contributed by atoms with Crippen LogP contribution in [-0.4, -0.2) is 64.8 Å². The quantitative estimate of drug-likeness (QED) is 0.824. The summed E-state index contributed by atoms with van der Waals surface area (Å²) in [6.45, 7) is 7.10. The molecule has 2 aliphatic heterocycles. The number of carbonyl (C=O) groups excluding carboxylic acids is 1. The maximum absolute atomic E-state index is 11.5. The SMILES string of the molecule is CCNc1nnc(CN2CCN3C(=O)NCC3C2)s1. The average molecular weight is 282 g/mol. The maximum Gasteiger partial charge on any atom is 0.317 e. The molecule has 2 aliphatic rings. The van der Waals surface area contributed by atoms with E-state index in [-0.39, 0.29) is 6.03 Å². The monoisotopic (exact) mass is 282 g/mol. The first-order chi connectivity index (χ1) is 9.26. The summed E-state index contributed by atoms with van der Waals surface area (Å²) in [5.41, 5.74) is 0. The zero-order valence-corrected chi connectivity index (χ0v) is 11.7. The van der Waals surface area contributed by atoms with Gasteiger partial charge in [0.25, 0.3) is 0 Å². The highest BCUT2D eigenvalue weighted by molar-refractivity contribution is 7.15. The van der Waals surface area contributed by atoms with E-state index in [0.717, 1.165) is 49.4 Å². The Morgan fingerprint density at radius 1 is 1.47 bits per heavy atom. The Morgan fingerprint density at radius 3 is 3.21 bits per heavy atom. The van der Waals surface area contributed by atoms with E-state index in [0.29, 0.717) is 6.04 Å². The molecule has 3 rings (SSSR count). The predicted octanol–water partition coefficient (Wildman–Crippen LogP) is 0.179. The summed E-state index contributed by atoms with van der Waals surface area (Å²) < 4.78 is 0. The molecule has 1 atom stereocenters. The summed E-state index contributed by atoms with van der Waals surface area (Å²) in [6.07, 6.45) is 0. The number of carbonyl (C=O) groups is 1. The van der Waals surface area contributed by atoms with Gasteiger partial charge in [-0.2, -0.15) is 0 Å². The number of urea groups is 1. The van der Waals surface area contributed by atoms with Gasteiger partial charge in [-0.1, -0.05) is 11.3 Å². The first-order valence-corrected chi connectivity index (χ1v) is 7.41. The van der Waals surface area contributed by atoms with Crippen LogP contribution in [0.4, 0.5) is 9.93 Å². The molecule has 2 N–H and O–H groups in total. The van der Waals surface area contributed by atoms with Gasteiger partial charge in [-0.15, -0.1) is 10.2 Å². The van der Waals surface area contributed by atoms with E-state index in [9.17, 15) is 4.79 Å². The minimum Gasteiger partial charge on any atom is -0.360 e. The molecule has 104 valence electrons. The molecule has 2 fully saturated rings. The lowest BCUT2D eigenvalue weighted by atomic mass is 10.2. The van der Waals surface area contributed by atoms with Crippen molar-refractivity contribution in [2.75, 3.05) is 38.0 Å². The van der Waals surface area contributed by atoms with Crippen LogP contribution in [0.15, 0.2) is 0 Å². The second-order valence-electron chi connectivity index (χ2n) is 4.80. The minimum atomic E-state index is 0.0787. The fourth-order valence-electron chi connectivity index (χ4n) is 2.54. The number of piperazine rings is 1. The Hall–Kier alpha value is -1.41. The highest BCUT2D eigenvalue weighted by atomic mass is 32.1. The summed E-state index contributed by atoms with van der Waals surface area (Å²) in [6, 6.07) is 0.386. The van der Waals surface area contributed by atoms with Crippen LogP contribution in [0.1, 0.15) is 11.9 Å². The van der Waals surface area contributed by atoms with E-state index in [2.05, 4.69) is 25.7 Å². The number of amides is 2. The highest BCUT2D eigenvalue weighted by Gasteiger charge is 2.35. The molecule has 0 spiro atoms. The van der Waals surface area contributed by atoms with Crippen LogP contribution in [0, 0.1) is 0 Å². The number of rotatable bonds is 4. The van der Waals surface area contributed by atoms with Crippen molar-refractivity contribution in [2.45, 2.75) is 19.5 Å². The summed E-state index contributed by atoms with van der Waals surface area (Å²) in [5.74, 6) is 0. The molecule has 19 heavy (non-hydrogen) atoms. The molecule has 1 aromatic heterocycles. The molecule has 0 aliphatic carbocycles. The Morgan fingerprint density at radius 2 is 2.37 bits per heavy atom. The molecule has 8 heteroatoms. The van der Waals surface area contributed by atoms with Crippen LogP contribution in [-0.2, 0) is 6.54 Å². The van der Waals surface area contributed by atoms with Gasteiger partial charge >= 0.3 is 6.03 Å². The molecule has 0 radical (unpaired) electrons. The second-order valence-corrected chi connectivity index (χ2v) is 5.86. The summed E-state index contributed by atoms with van der Waals surface area (Å²) in [4.78, 5) is 15.8. The van der Waals surface area contributed by atoms with E-state index in [1.165, 1.54) is 0 Å². The van der Waals surface area contributed by atoms with Crippen LogP contribution in [0.5, 0.6) is 0 Å². The van der Waals surface area contributed by atoms with Gasteiger partial charge in [0.2, 0.25) is 5.13 Å². The smallest absolute Gasteiger partial charge is 0.317 e. The number of hydrogen-bond acceptors (Lipinski definition) is 6. The first-order valence-electron chi connectivity index (χ1n) is 6.59. The van der Waals surface area contributed by atoms with Crippen LogP contribution in [0.2, 0.25) is 0 Å². The minimum absolute atomic E-state index is 0.0787. The fourth-order valence-corrected chi connectivity index (χ4v) is 3.39. The van der Waals surface area contributed by atoms with Gasteiger partial charge in [0.1, 0.15) is 5.01 Å². The topological polar surface area (TPSA) is 73.4 Å². The summed E-state index contributed by atoms with van der Waals surface area (Å²) >= 11 is 1.61. The molecule has 0 saturated carbocycles. The largest absolute Gasteiger partial charge is 0.360 e. The van der Waals surface area contributed by atoms with Crippen LogP contribution < -0.4 is 10.6 Å². The Balaban J connectivity index is 1.57. The third kappa shape index (κ3) is 2.64. The van der Waals surface area contributed by atoms with Crippen LogP contribution in [0.3, 0.4) is 0 Å². The standard InChI is InChI=1S/C11H18N6OS/c1-2-12-10-15-14-9(19-10)7-16-3-4-17-8(6-16)5-13-11(17)18/h8H,2-7H2,1H3,(H,12,15)(H,13,18). The lowest BCUT2D eigenvalue weighted by molar-refractivity contribution is 0.116. The zero-order valence-electron chi connectivity index (χ0n) is 10.9. The van der Waals surface area contributed by atoms with Gasteiger partial charge < -0.3 is 15.5 Å². The van der Waals surface area contributed by atoms with E-state index in [1.807, 2.05) is 11.8 Å². The van der Waals surface area contributed by atoms with Crippen molar-refractivity contribution in [3.63, 3.8) is 0 Å². The Labute approximate surface area is 116 Å². The number of nitrogens with zero attached hydrogens (tertiary/aromatic N) is 4. The van der Waals surface area contributed by atoms with Crippen molar-refractivity contribution >= 4 is 22.5 Å². The lowest BCUT2D eigenvalue weighted by Gasteiger charge is -2.35. The molecule has 1 unspecified atom stereocenters. The van der Waals surface area contributed by atoms with Crippen molar-refractivity contribution in [1.82, 2.24) is 25.3 Å². The maximum atomic E-state index is 11.5. The van der Waals surface area contributed by atoms with Crippen LogP contribution in [0.25, 0.3) is 0 Å². The molecule has 0 aromatic carbocycles. The van der Waals surface area contributed by atoms with Gasteiger partial charge in [0.05, 0.1) is 12.6 Å². The van der Waals surface area contributed by atoms with Gasteiger partial charge in [0.15, 0.2) is 0 Å². The average Bonchev–Trinajstić information content (AvgIpc) is 2.98. The number of fused-ring (bicyclic) bond motifs is 1. The van der Waals surface area contributed by atoms with Gasteiger partial charge in [-0.25, -0.2) is 4.79 Å². The third-order valence-electron chi connectivity index (χ3n) is 3.47. The molecular weight excluding hydrogens is 264 g/mol. The number of anilines is 1. The molecular formula is C11H18N6OS. The van der Waals surface area contributed by atoms with E-state index < -0.39 is 0 Å². The predicted molar refractivity (Wildman–Crippen MR) is 73.2 cm³/mol. The van der Waals surface area contributed by atoms with Crippen molar-refractivity contribution < 1.29 is 4.79 Å². The molecule has 3 heterocycles. The van der Waals surface area contributed by atoms with E-state index in [1.54, 1.807) is 11.3 Å². The van der Waals surface area contributed by atoms with Gasteiger partial charge in [-0.3, -0.25) is 4.90 Å². The third-order valence-corrected chi connectivity index (χ3v) is 4.34. The molecule has 0 bridgehead atoms. The molecule has 2 saturated heterocycles. The number of aromatic nitrogens is 2. The van der Waals surface area contributed by atoms with Crippen molar-refractivity contribution in [2.24, 2.45) is 0 Å². The molecule has 2 amide bonds. The van der Waals surface area contributed by atoms with Gasteiger partial charge in [0, 0.05) is 32.7 Å². The highest BCUT2D eigenvalue weighted by Crippen LogP contribution is 2.20. The number of nitrogens with one attached hydrogen (secondary N) is 2. The number of hydrogen-bond donors (Lipinski definition) is 2. The van der Waals surface area contributed by atoms with Crippen LogP contribution >= 0.6 is 11.3 Å².